The second kappa shape index (κ2) is 5.14. The summed E-state index contributed by atoms with van der Waals surface area (Å²) in [4.78, 5) is 11.5. The molecule has 0 N–H and O–H groups in total. The number of rotatable bonds is 1. The van der Waals surface area contributed by atoms with E-state index in [1.807, 2.05) is 0 Å². The Kier molecular flexibility index (Phi) is 4.90. The summed E-state index contributed by atoms with van der Waals surface area (Å²) < 4.78 is 0. The van der Waals surface area contributed by atoms with Crippen LogP contribution in [0.25, 0.3) is 6.08 Å². The number of hydrogen-bond acceptors (Lipinski definition) is 3. The molecule has 0 fully saturated rings. The van der Waals surface area contributed by atoms with Gasteiger partial charge in [-0.15, -0.1) is 6.42 Å². The summed E-state index contributed by atoms with van der Waals surface area (Å²) in [7, 11) is 2.32. The second-order valence-electron chi connectivity index (χ2n) is 1.69. The molecule has 0 saturated heterocycles. The number of terminal acetylenes is 1. The molecule has 1 aromatic rings. The fraction of sp³-hybridized carbons (Fsp3) is 0. The van der Waals surface area contributed by atoms with Gasteiger partial charge in [0.1, 0.15) is 5.57 Å². The van der Waals surface area contributed by atoms with Crippen molar-refractivity contribution in [3.05, 3.63) is 18.2 Å². The molecule has 1 rings (SSSR count). The number of aromatic nitrogens is 3. The molecule has 0 aliphatic carbocycles. The predicted octanol–water partition coefficient (Wildman–Crippen LogP) is -0.203. The van der Waals surface area contributed by atoms with Crippen molar-refractivity contribution in [3.8, 4) is 12.3 Å². The van der Waals surface area contributed by atoms with Gasteiger partial charge in [-0.1, -0.05) is 9.24 Å². The van der Waals surface area contributed by atoms with E-state index in [9.17, 15) is 0 Å². The van der Waals surface area contributed by atoms with Gasteiger partial charge in [0.25, 0.3) is 0 Å². The Balaban J connectivity index is 0.00000121. The second-order valence-corrected chi connectivity index (χ2v) is 2.20. The average molecular weight is 346 g/mol. The third kappa shape index (κ3) is 2.81. The van der Waals surface area contributed by atoms with E-state index in [1.165, 1.54) is 6.08 Å². The van der Waals surface area contributed by atoms with Gasteiger partial charge in [0.2, 0.25) is 0 Å². The van der Waals surface area contributed by atoms with Crippen molar-refractivity contribution in [3.63, 3.8) is 0 Å². The van der Waals surface area contributed by atoms with Gasteiger partial charge in [0.15, 0.2) is 5.82 Å². The van der Waals surface area contributed by atoms with Gasteiger partial charge >= 0.3 is 0 Å². The van der Waals surface area contributed by atoms with Gasteiger partial charge in [-0.2, -0.15) is 6.08 Å². The van der Waals surface area contributed by atoms with Crippen LogP contribution in [0.15, 0.2) is 0 Å². The van der Waals surface area contributed by atoms with Crippen molar-refractivity contribution >= 4 is 20.9 Å². The minimum absolute atomic E-state index is 0. The van der Waals surface area contributed by atoms with Crippen LogP contribution in [0.2, 0.25) is 0 Å². The summed E-state index contributed by atoms with van der Waals surface area (Å²) in [6, 6.07) is 0. The molecule has 0 amide bonds. The standard InChI is InChI=1S/C7H5N3P.W/c1-3-5-8-6(4-2)10-7(11)9-5;/h1-3H,11H2;/q-1;. The van der Waals surface area contributed by atoms with Gasteiger partial charge in [0.05, 0.1) is 0 Å². The minimum atomic E-state index is 0. The summed E-state index contributed by atoms with van der Waals surface area (Å²) in [6.07, 6.45) is 6.35. The normalized spacial score (nSPS) is 8.00. The monoisotopic (exact) mass is 346 g/mol. The van der Waals surface area contributed by atoms with Gasteiger partial charge in [0, 0.05) is 26.9 Å². The third-order valence-electron chi connectivity index (χ3n) is 0.948. The minimum Gasteiger partial charge on any atom is -0.309 e. The molecule has 5 heteroatoms. The van der Waals surface area contributed by atoms with Crippen LogP contribution in [0.1, 0.15) is 11.6 Å². The maximum absolute atomic E-state index is 5.19. The van der Waals surface area contributed by atoms with E-state index in [4.69, 9.17) is 13.0 Å². The van der Waals surface area contributed by atoms with E-state index < -0.39 is 0 Å². The third-order valence-corrected chi connectivity index (χ3v) is 1.21. The van der Waals surface area contributed by atoms with E-state index in [-0.39, 0.29) is 21.1 Å². The van der Waals surface area contributed by atoms with Crippen LogP contribution in [0.5, 0.6) is 0 Å². The number of nitrogens with zero attached hydrogens (tertiary/aromatic N) is 3. The Hall–Kier alpha value is -0.572. The Bertz CT molecular complexity index is 332. The fourth-order valence-corrected chi connectivity index (χ4v) is 0.803. The first-order valence-electron chi connectivity index (χ1n) is 2.79. The SMILES string of the molecule is C#Cc1nc(P)nc(C=[CH-])n1.[W]. The van der Waals surface area contributed by atoms with Gasteiger partial charge in [-0.25, -0.2) is 4.98 Å². The summed E-state index contributed by atoms with van der Waals surface area (Å²) >= 11 is 0. The molecule has 0 bridgehead atoms. The van der Waals surface area contributed by atoms with Gasteiger partial charge in [-0.05, 0) is 5.92 Å². The molecule has 1 atom stereocenters. The summed E-state index contributed by atoms with van der Waals surface area (Å²) in [5, 5.41) is 0. The van der Waals surface area contributed by atoms with Crippen LogP contribution in [-0.4, -0.2) is 15.0 Å². The van der Waals surface area contributed by atoms with E-state index in [0.717, 1.165) is 0 Å². The summed E-state index contributed by atoms with van der Waals surface area (Å²) in [5.41, 5.74) is 0.490. The predicted molar refractivity (Wildman–Crippen MR) is 45.9 cm³/mol. The molecule has 1 heterocycles. The van der Waals surface area contributed by atoms with Crippen molar-refractivity contribution in [1.29, 1.82) is 0 Å². The molecule has 0 spiro atoms. The molecular formula is C7H5N3PW-. The molecule has 1 aromatic heterocycles. The van der Waals surface area contributed by atoms with Crippen molar-refractivity contribution in [2.24, 2.45) is 0 Å². The molecule has 0 aliphatic rings. The smallest absolute Gasteiger partial charge is 0.190 e. The molecule has 0 aromatic carbocycles. The van der Waals surface area contributed by atoms with Gasteiger partial charge in [-0.3, -0.25) is 6.58 Å². The summed E-state index contributed by atoms with van der Waals surface area (Å²) in [6.45, 7) is 5.19. The van der Waals surface area contributed by atoms with E-state index in [1.54, 1.807) is 0 Å². The van der Waals surface area contributed by atoms with Crippen molar-refractivity contribution < 1.29 is 21.1 Å². The van der Waals surface area contributed by atoms with Crippen LogP contribution in [0, 0.1) is 18.9 Å². The zero-order valence-corrected chi connectivity index (χ0v) is 10.1. The average Bonchev–Trinajstić information content (AvgIpc) is 2.03. The largest absolute Gasteiger partial charge is 0.309 e. The van der Waals surface area contributed by atoms with Crippen LogP contribution < -0.4 is 5.57 Å². The molecule has 12 heavy (non-hydrogen) atoms. The van der Waals surface area contributed by atoms with Crippen LogP contribution >= 0.6 is 9.24 Å². The Morgan fingerprint density at radius 2 is 2.08 bits per heavy atom. The van der Waals surface area contributed by atoms with Crippen molar-refractivity contribution in [1.82, 2.24) is 15.0 Å². The van der Waals surface area contributed by atoms with Gasteiger partial charge < -0.3 is 9.97 Å². The molecule has 60 valence electrons. The van der Waals surface area contributed by atoms with Crippen LogP contribution in [0.3, 0.4) is 0 Å². The molecule has 0 radical (unpaired) electrons. The maximum atomic E-state index is 5.19. The zero-order valence-electron chi connectivity index (χ0n) is 6.06. The topological polar surface area (TPSA) is 38.7 Å². The fourth-order valence-electron chi connectivity index (χ4n) is 0.548. The maximum Gasteiger partial charge on any atom is 0.190 e. The Labute approximate surface area is 87.6 Å². The van der Waals surface area contributed by atoms with Crippen LogP contribution in [0.4, 0.5) is 0 Å². The summed E-state index contributed by atoms with van der Waals surface area (Å²) in [5.74, 6) is 2.97. The Morgan fingerprint density at radius 3 is 2.58 bits per heavy atom. The molecule has 0 saturated carbocycles. The molecule has 3 nitrogen and oxygen atoms in total. The first-order valence-corrected chi connectivity index (χ1v) is 3.37. The quantitative estimate of drug-likeness (QED) is 0.402. The molecule has 0 aliphatic heterocycles. The van der Waals surface area contributed by atoms with E-state index in [2.05, 4.69) is 30.1 Å². The Morgan fingerprint density at radius 1 is 1.42 bits per heavy atom. The van der Waals surface area contributed by atoms with Crippen LogP contribution in [-0.2, 0) is 21.1 Å². The molecular weight excluding hydrogens is 341 g/mol. The first kappa shape index (κ1) is 11.4. The van der Waals surface area contributed by atoms with Crippen molar-refractivity contribution in [2.75, 3.05) is 0 Å². The molecule has 1 unspecified atom stereocenters. The number of hydrogen-bond donors (Lipinski definition) is 0. The first-order chi connectivity index (χ1) is 5.26. The van der Waals surface area contributed by atoms with E-state index in [0.29, 0.717) is 17.2 Å². The van der Waals surface area contributed by atoms with E-state index >= 15 is 0 Å². The van der Waals surface area contributed by atoms with Crippen molar-refractivity contribution in [2.45, 2.75) is 0 Å². The zero-order chi connectivity index (χ0) is 8.27.